The zero-order chi connectivity index (χ0) is 21.0. The van der Waals surface area contributed by atoms with E-state index >= 15 is 0 Å². The smallest absolute Gasteiger partial charge is 0.311 e. The minimum absolute atomic E-state index is 0.0359. The fraction of sp³-hybridized carbons (Fsp3) is 0.227. The van der Waals surface area contributed by atoms with Crippen LogP contribution in [0.3, 0.4) is 0 Å². The van der Waals surface area contributed by atoms with Gasteiger partial charge in [0.25, 0.3) is 5.91 Å². The number of aryl methyl sites for hydroxylation is 1. The van der Waals surface area contributed by atoms with Gasteiger partial charge in [-0.25, -0.2) is 4.68 Å². The Morgan fingerprint density at radius 2 is 1.76 bits per heavy atom. The number of rotatable bonds is 6. The van der Waals surface area contributed by atoms with Crippen molar-refractivity contribution in [1.82, 2.24) is 9.78 Å². The fourth-order valence-electron chi connectivity index (χ4n) is 2.99. The number of nitrogens with one attached hydrogen (secondary N) is 1. The lowest BCUT2D eigenvalue weighted by Crippen LogP contribution is -2.30. The first-order valence-electron chi connectivity index (χ1n) is 9.22. The zero-order valence-corrected chi connectivity index (χ0v) is 17.2. The Balaban J connectivity index is 1.65. The predicted molar refractivity (Wildman–Crippen MR) is 112 cm³/mol. The molecule has 0 saturated carbocycles. The number of amides is 1. The van der Waals surface area contributed by atoms with Gasteiger partial charge in [-0.2, -0.15) is 5.10 Å². The number of nitrogens with zero attached hydrogens (tertiary/aromatic N) is 2. The molecule has 0 saturated heterocycles. The minimum Gasteiger partial charge on any atom is -0.452 e. The fourth-order valence-corrected chi connectivity index (χ4v) is 3.17. The van der Waals surface area contributed by atoms with Gasteiger partial charge in [0, 0.05) is 11.3 Å². The minimum atomic E-state index is -0.955. The molecule has 6 nitrogen and oxygen atoms in total. The van der Waals surface area contributed by atoms with Gasteiger partial charge in [-0.3, -0.25) is 9.59 Å². The number of aromatic nitrogens is 2. The Labute approximate surface area is 174 Å². The first kappa shape index (κ1) is 20.6. The van der Waals surface area contributed by atoms with Crippen LogP contribution in [-0.2, 0) is 20.7 Å². The summed E-state index contributed by atoms with van der Waals surface area (Å²) in [4.78, 5) is 24.7. The Morgan fingerprint density at radius 3 is 2.45 bits per heavy atom. The Bertz CT molecular complexity index is 1030. The lowest BCUT2D eigenvalue weighted by molar-refractivity contribution is -0.152. The monoisotopic (exact) mass is 411 g/mol. The number of hydrogen-bond acceptors (Lipinski definition) is 4. The van der Waals surface area contributed by atoms with Crippen molar-refractivity contribution >= 4 is 29.2 Å². The van der Waals surface area contributed by atoms with Crippen LogP contribution in [-0.4, -0.2) is 27.8 Å². The van der Waals surface area contributed by atoms with Crippen LogP contribution in [0.2, 0.25) is 5.02 Å². The molecule has 3 rings (SSSR count). The quantitative estimate of drug-likeness (QED) is 0.615. The number of esters is 1. The summed E-state index contributed by atoms with van der Waals surface area (Å²) in [5, 5.41) is 7.61. The Morgan fingerprint density at radius 1 is 1.10 bits per heavy atom. The van der Waals surface area contributed by atoms with Crippen LogP contribution in [0, 0.1) is 13.8 Å². The van der Waals surface area contributed by atoms with E-state index in [2.05, 4.69) is 10.4 Å². The van der Waals surface area contributed by atoms with Crippen molar-refractivity contribution in [1.29, 1.82) is 0 Å². The highest BCUT2D eigenvalue weighted by molar-refractivity contribution is 6.33. The highest BCUT2D eigenvalue weighted by Gasteiger charge is 2.22. The van der Waals surface area contributed by atoms with Gasteiger partial charge in [0.2, 0.25) is 0 Å². The van der Waals surface area contributed by atoms with Crippen LogP contribution in [0.15, 0.2) is 54.6 Å². The van der Waals surface area contributed by atoms with E-state index in [1.807, 2.05) is 44.2 Å². The molecule has 1 unspecified atom stereocenters. The molecule has 2 aromatic carbocycles. The molecule has 0 aliphatic rings. The van der Waals surface area contributed by atoms with Gasteiger partial charge in [0.05, 0.1) is 28.5 Å². The average Bonchev–Trinajstić information content (AvgIpc) is 2.98. The van der Waals surface area contributed by atoms with E-state index in [9.17, 15) is 9.59 Å². The number of ether oxygens (including phenoxy) is 1. The van der Waals surface area contributed by atoms with E-state index in [0.717, 1.165) is 22.6 Å². The first-order chi connectivity index (χ1) is 13.9. The molecule has 0 fully saturated rings. The normalized spacial score (nSPS) is 11.7. The second-order valence-corrected chi connectivity index (χ2v) is 7.08. The number of benzene rings is 2. The maximum Gasteiger partial charge on any atom is 0.311 e. The number of carbonyl (C=O) groups excluding carboxylic acids is 2. The summed E-state index contributed by atoms with van der Waals surface area (Å²) in [7, 11) is 0. The van der Waals surface area contributed by atoms with E-state index in [-0.39, 0.29) is 6.42 Å². The van der Waals surface area contributed by atoms with Gasteiger partial charge >= 0.3 is 5.97 Å². The van der Waals surface area contributed by atoms with Crippen molar-refractivity contribution in [3.8, 4) is 5.69 Å². The lowest BCUT2D eigenvalue weighted by atomic mass is 10.1. The maximum atomic E-state index is 12.4. The third kappa shape index (κ3) is 4.84. The van der Waals surface area contributed by atoms with Crippen LogP contribution in [0.25, 0.3) is 5.69 Å². The zero-order valence-electron chi connectivity index (χ0n) is 16.5. The van der Waals surface area contributed by atoms with Gasteiger partial charge in [-0.15, -0.1) is 0 Å². The highest BCUT2D eigenvalue weighted by atomic mass is 35.5. The molecule has 0 radical (unpaired) electrons. The molecule has 1 atom stereocenters. The summed E-state index contributed by atoms with van der Waals surface area (Å²) in [5.41, 5.74) is 3.78. The average molecular weight is 412 g/mol. The van der Waals surface area contributed by atoms with Crippen LogP contribution in [0.1, 0.15) is 23.9 Å². The van der Waals surface area contributed by atoms with Gasteiger partial charge in [-0.1, -0.05) is 41.9 Å². The van der Waals surface area contributed by atoms with Gasteiger partial charge in [-0.05, 0) is 45.0 Å². The summed E-state index contributed by atoms with van der Waals surface area (Å²) in [6.45, 7) is 5.28. The number of anilines is 1. The van der Waals surface area contributed by atoms with Gasteiger partial charge in [0.15, 0.2) is 6.10 Å². The maximum absolute atomic E-state index is 12.4. The van der Waals surface area contributed by atoms with E-state index in [4.69, 9.17) is 16.3 Å². The number of para-hydroxylation sites is 2. The van der Waals surface area contributed by atoms with E-state index in [1.54, 1.807) is 28.9 Å². The number of halogens is 1. The number of carbonyl (C=O) groups is 2. The topological polar surface area (TPSA) is 73.2 Å². The molecule has 1 heterocycles. The van der Waals surface area contributed by atoms with Crippen molar-refractivity contribution in [2.24, 2.45) is 0 Å². The Hall–Kier alpha value is -3.12. The third-order valence-corrected chi connectivity index (χ3v) is 4.90. The van der Waals surface area contributed by atoms with Gasteiger partial charge in [0.1, 0.15) is 0 Å². The van der Waals surface area contributed by atoms with Crippen LogP contribution in [0.5, 0.6) is 0 Å². The molecule has 0 aliphatic heterocycles. The molecule has 0 bridgehead atoms. The molecule has 1 N–H and O–H groups in total. The molecule has 29 heavy (non-hydrogen) atoms. The molecule has 3 aromatic rings. The van der Waals surface area contributed by atoms with Crippen molar-refractivity contribution < 1.29 is 14.3 Å². The van der Waals surface area contributed by atoms with E-state index in [0.29, 0.717) is 10.7 Å². The van der Waals surface area contributed by atoms with E-state index < -0.39 is 18.0 Å². The molecular formula is C22H22ClN3O3. The molecule has 1 aromatic heterocycles. The largest absolute Gasteiger partial charge is 0.452 e. The second kappa shape index (κ2) is 8.92. The predicted octanol–water partition coefficient (Wildman–Crippen LogP) is 4.26. The second-order valence-electron chi connectivity index (χ2n) is 6.67. The van der Waals surface area contributed by atoms with Crippen LogP contribution in [0.4, 0.5) is 5.69 Å². The standard InChI is InChI=1S/C22H22ClN3O3/c1-14-18(15(2)26(25-14)17-9-5-4-6-10-17)13-21(27)29-16(3)22(28)24-20-12-8-7-11-19(20)23/h4-12,16H,13H2,1-3H3,(H,24,28). The molecule has 0 spiro atoms. The molecule has 1 amide bonds. The Kier molecular flexibility index (Phi) is 6.34. The molecular weight excluding hydrogens is 390 g/mol. The van der Waals surface area contributed by atoms with Crippen LogP contribution < -0.4 is 5.32 Å². The summed E-state index contributed by atoms with van der Waals surface area (Å²) in [6.07, 6.45) is -0.919. The van der Waals surface area contributed by atoms with Crippen molar-refractivity contribution in [2.45, 2.75) is 33.3 Å². The molecule has 150 valence electrons. The van der Waals surface area contributed by atoms with Gasteiger partial charge < -0.3 is 10.1 Å². The summed E-state index contributed by atoms with van der Waals surface area (Å²) < 4.78 is 7.12. The third-order valence-electron chi connectivity index (χ3n) is 4.57. The molecule has 7 heteroatoms. The van der Waals surface area contributed by atoms with Crippen LogP contribution >= 0.6 is 11.6 Å². The molecule has 0 aliphatic carbocycles. The summed E-state index contributed by atoms with van der Waals surface area (Å²) in [5.74, 6) is -0.939. The van der Waals surface area contributed by atoms with Crippen molar-refractivity contribution in [2.75, 3.05) is 5.32 Å². The van der Waals surface area contributed by atoms with Crippen molar-refractivity contribution in [3.05, 3.63) is 76.6 Å². The van der Waals surface area contributed by atoms with Crippen molar-refractivity contribution in [3.63, 3.8) is 0 Å². The SMILES string of the molecule is Cc1nn(-c2ccccc2)c(C)c1CC(=O)OC(C)C(=O)Nc1ccccc1Cl. The summed E-state index contributed by atoms with van der Waals surface area (Å²) >= 11 is 6.04. The summed E-state index contributed by atoms with van der Waals surface area (Å²) in [6, 6.07) is 16.6. The van der Waals surface area contributed by atoms with E-state index in [1.165, 1.54) is 6.92 Å². The number of hydrogen-bond donors (Lipinski definition) is 1. The lowest BCUT2D eigenvalue weighted by Gasteiger charge is -2.14. The first-order valence-corrected chi connectivity index (χ1v) is 9.60. The highest BCUT2D eigenvalue weighted by Crippen LogP contribution is 2.21.